The molecule has 1 aliphatic rings. The summed E-state index contributed by atoms with van der Waals surface area (Å²) in [5.41, 5.74) is 0. The van der Waals surface area contributed by atoms with Gasteiger partial charge in [0.15, 0.2) is 0 Å². The smallest absolute Gasteiger partial charge is 0.308 e. The molecular formula is C11H20N2O3. The molecule has 0 bridgehead atoms. The fourth-order valence-corrected chi connectivity index (χ4v) is 1.90. The molecular weight excluding hydrogens is 208 g/mol. The van der Waals surface area contributed by atoms with Gasteiger partial charge in [-0.25, -0.2) is 0 Å². The molecule has 92 valence electrons. The maximum absolute atomic E-state index is 12.0. The van der Waals surface area contributed by atoms with Gasteiger partial charge < -0.3 is 15.3 Å². The predicted octanol–water partition coefficient (Wildman–Crippen LogP) is 0.308. The van der Waals surface area contributed by atoms with Crippen LogP contribution in [0.1, 0.15) is 26.7 Å². The molecule has 0 saturated carbocycles. The van der Waals surface area contributed by atoms with Gasteiger partial charge in [0.1, 0.15) is 0 Å². The van der Waals surface area contributed by atoms with Gasteiger partial charge >= 0.3 is 5.97 Å². The van der Waals surface area contributed by atoms with Crippen molar-refractivity contribution in [3.8, 4) is 0 Å². The van der Waals surface area contributed by atoms with E-state index in [0.29, 0.717) is 13.1 Å². The lowest BCUT2D eigenvalue weighted by Gasteiger charge is -2.25. The van der Waals surface area contributed by atoms with Gasteiger partial charge in [-0.05, 0) is 26.3 Å². The van der Waals surface area contributed by atoms with E-state index in [9.17, 15) is 9.59 Å². The normalized spacial score (nSPS) is 21.8. The second-order valence-electron chi connectivity index (χ2n) is 4.27. The largest absolute Gasteiger partial charge is 0.481 e. The number of hydrogen-bond acceptors (Lipinski definition) is 3. The Bertz CT molecular complexity index is 262. The summed E-state index contributed by atoms with van der Waals surface area (Å²) in [5, 5.41) is 12.0. The van der Waals surface area contributed by atoms with Gasteiger partial charge in [0, 0.05) is 13.1 Å². The molecule has 5 nitrogen and oxygen atoms in total. The first kappa shape index (κ1) is 13.0. The molecule has 0 aliphatic carbocycles. The Morgan fingerprint density at radius 3 is 2.69 bits per heavy atom. The molecule has 0 radical (unpaired) electrons. The lowest BCUT2D eigenvalue weighted by Crippen LogP contribution is -2.45. The van der Waals surface area contributed by atoms with Crippen LogP contribution in [0.3, 0.4) is 0 Å². The lowest BCUT2D eigenvalue weighted by atomic mass is 10.1. The first-order valence-corrected chi connectivity index (χ1v) is 5.81. The van der Waals surface area contributed by atoms with Crippen molar-refractivity contribution in [2.45, 2.75) is 32.7 Å². The van der Waals surface area contributed by atoms with Crippen molar-refractivity contribution in [3.63, 3.8) is 0 Å². The van der Waals surface area contributed by atoms with E-state index in [1.807, 2.05) is 6.92 Å². The van der Waals surface area contributed by atoms with Gasteiger partial charge in [-0.1, -0.05) is 6.92 Å². The number of aliphatic carboxylic acids is 1. The molecule has 0 aromatic rings. The Morgan fingerprint density at radius 2 is 2.25 bits per heavy atom. The second kappa shape index (κ2) is 5.84. The van der Waals surface area contributed by atoms with Crippen LogP contribution in [0.2, 0.25) is 0 Å². The molecule has 5 heteroatoms. The minimum Gasteiger partial charge on any atom is -0.481 e. The van der Waals surface area contributed by atoms with Crippen LogP contribution in [0, 0.1) is 5.92 Å². The average molecular weight is 228 g/mol. The number of carboxylic acids is 1. The average Bonchev–Trinajstić information content (AvgIpc) is 2.77. The Hall–Kier alpha value is -1.10. The lowest BCUT2D eigenvalue weighted by molar-refractivity contribution is -0.143. The molecule has 1 heterocycles. The first-order chi connectivity index (χ1) is 7.56. The maximum Gasteiger partial charge on any atom is 0.308 e. The number of carbonyl (C=O) groups excluding carboxylic acids is 1. The molecule has 0 aromatic heterocycles. The third-order valence-corrected chi connectivity index (χ3v) is 2.97. The number of hydrogen-bond donors (Lipinski definition) is 2. The second-order valence-corrected chi connectivity index (χ2v) is 4.27. The predicted molar refractivity (Wildman–Crippen MR) is 60.1 cm³/mol. The van der Waals surface area contributed by atoms with Crippen LogP contribution in [-0.2, 0) is 9.59 Å². The number of amides is 1. The highest BCUT2D eigenvalue weighted by Gasteiger charge is 2.27. The summed E-state index contributed by atoms with van der Waals surface area (Å²) >= 11 is 0. The topological polar surface area (TPSA) is 69.6 Å². The number of nitrogens with one attached hydrogen (secondary N) is 1. The van der Waals surface area contributed by atoms with Gasteiger partial charge in [0.2, 0.25) is 5.91 Å². The molecule has 1 unspecified atom stereocenters. The molecule has 0 spiro atoms. The number of nitrogens with zero attached hydrogens (tertiary/aromatic N) is 1. The molecule has 16 heavy (non-hydrogen) atoms. The zero-order chi connectivity index (χ0) is 12.1. The summed E-state index contributed by atoms with van der Waals surface area (Å²) in [5.74, 6) is -1.33. The summed E-state index contributed by atoms with van der Waals surface area (Å²) in [7, 11) is 0. The maximum atomic E-state index is 12.0. The highest BCUT2D eigenvalue weighted by molar-refractivity contribution is 5.82. The summed E-state index contributed by atoms with van der Waals surface area (Å²) in [6.45, 7) is 5.24. The number of likely N-dealkylation sites (N-methyl/N-ethyl adjacent to an activating group) is 1. The first-order valence-electron chi connectivity index (χ1n) is 5.81. The highest BCUT2D eigenvalue weighted by Crippen LogP contribution is 2.10. The zero-order valence-corrected chi connectivity index (χ0v) is 9.90. The summed E-state index contributed by atoms with van der Waals surface area (Å²) in [6, 6.07) is -0.110. The Kier molecular flexibility index (Phi) is 4.73. The molecule has 1 fully saturated rings. The van der Waals surface area contributed by atoms with Crippen LogP contribution >= 0.6 is 0 Å². The van der Waals surface area contributed by atoms with E-state index < -0.39 is 11.9 Å². The summed E-state index contributed by atoms with van der Waals surface area (Å²) < 4.78 is 0. The molecule has 1 saturated heterocycles. The Labute approximate surface area is 95.8 Å². The Morgan fingerprint density at radius 1 is 1.56 bits per heavy atom. The van der Waals surface area contributed by atoms with Crippen LogP contribution < -0.4 is 5.32 Å². The van der Waals surface area contributed by atoms with Gasteiger partial charge in [-0.3, -0.25) is 9.59 Å². The van der Waals surface area contributed by atoms with Gasteiger partial charge in [-0.2, -0.15) is 0 Å². The monoisotopic (exact) mass is 228 g/mol. The fraction of sp³-hybridized carbons (Fsp3) is 0.818. The van der Waals surface area contributed by atoms with E-state index in [1.165, 1.54) is 0 Å². The van der Waals surface area contributed by atoms with E-state index >= 15 is 0 Å². The van der Waals surface area contributed by atoms with E-state index in [1.54, 1.807) is 11.8 Å². The van der Waals surface area contributed by atoms with E-state index in [2.05, 4.69) is 5.32 Å². The SMILES string of the molecule is CCN(CC(C)C(=O)O)C(=O)[C@@H]1CCCN1. The van der Waals surface area contributed by atoms with E-state index in [0.717, 1.165) is 19.4 Å². The molecule has 1 rings (SSSR count). The van der Waals surface area contributed by atoms with Crippen molar-refractivity contribution in [1.82, 2.24) is 10.2 Å². The van der Waals surface area contributed by atoms with Crippen LogP contribution in [0.15, 0.2) is 0 Å². The van der Waals surface area contributed by atoms with Gasteiger partial charge in [0.25, 0.3) is 0 Å². The van der Waals surface area contributed by atoms with Crippen LogP contribution in [0.25, 0.3) is 0 Å². The fourth-order valence-electron chi connectivity index (χ4n) is 1.90. The minimum absolute atomic E-state index is 0.0353. The highest BCUT2D eigenvalue weighted by atomic mass is 16.4. The van der Waals surface area contributed by atoms with Crippen molar-refractivity contribution in [1.29, 1.82) is 0 Å². The van der Waals surface area contributed by atoms with Gasteiger partial charge in [0.05, 0.1) is 12.0 Å². The van der Waals surface area contributed by atoms with Crippen molar-refractivity contribution in [2.24, 2.45) is 5.92 Å². The van der Waals surface area contributed by atoms with Crippen molar-refractivity contribution < 1.29 is 14.7 Å². The van der Waals surface area contributed by atoms with Crippen molar-refractivity contribution >= 4 is 11.9 Å². The number of rotatable bonds is 5. The molecule has 1 amide bonds. The minimum atomic E-state index is -0.856. The van der Waals surface area contributed by atoms with E-state index in [-0.39, 0.29) is 11.9 Å². The van der Waals surface area contributed by atoms with Gasteiger partial charge in [-0.15, -0.1) is 0 Å². The van der Waals surface area contributed by atoms with Crippen LogP contribution in [0.5, 0.6) is 0 Å². The summed E-state index contributed by atoms with van der Waals surface area (Å²) in [6.07, 6.45) is 1.87. The number of carboxylic acid groups (broad SMARTS) is 1. The molecule has 1 aliphatic heterocycles. The quantitative estimate of drug-likeness (QED) is 0.710. The molecule has 0 aromatic carbocycles. The van der Waals surface area contributed by atoms with Crippen LogP contribution in [0.4, 0.5) is 0 Å². The van der Waals surface area contributed by atoms with E-state index in [4.69, 9.17) is 5.11 Å². The summed E-state index contributed by atoms with van der Waals surface area (Å²) in [4.78, 5) is 24.4. The van der Waals surface area contributed by atoms with Crippen LogP contribution in [-0.4, -0.2) is 47.6 Å². The Balaban J connectivity index is 2.52. The molecule has 2 N–H and O–H groups in total. The molecule has 2 atom stereocenters. The zero-order valence-electron chi connectivity index (χ0n) is 9.90. The number of carbonyl (C=O) groups is 2. The van der Waals surface area contributed by atoms with Crippen molar-refractivity contribution in [2.75, 3.05) is 19.6 Å². The third kappa shape index (κ3) is 3.20. The third-order valence-electron chi connectivity index (χ3n) is 2.97. The van der Waals surface area contributed by atoms with Crippen molar-refractivity contribution in [3.05, 3.63) is 0 Å². The standard InChI is InChI=1S/C11H20N2O3/c1-3-13(7-8(2)11(15)16)10(14)9-5-4-6-12-9/h8-9,12H,3-7H2,1-2H3,(H,15,16)/t8?,9-/m0/s1.